The van der Waals surface area contributed by atoms with Crippen LogP contribution in [0.2, 0.25) is 0 Å². The number of amides is 1. The zero-order valence-electron chi connectivity index (χ0n) is 11.4. The molecule has 2 atom stereocenters. The zero-order chi connectivity index (χ0) is 13.7. The summed E-state index contributed by atoms with van der Waals surface area (Å²) in [4.78, 5) is 11.9. The van der Waals surface area contributed by atoms with E-state index in [0.717, 1.165) is 25.1 Å². The number of fused-ring (bicyclic) bond motifs is 1. The van der Waals surface area contributed by atoms with Crippen LogP contribution in [0.3, 0.4) is 0 Å². The Morgan fingerprint density at radius 1 is 1.53 bits per heavy atom. The van der Waals surface area contributed by atoms with Crippen molar-refractivity contribution in [1.29, 1.82) is 0 Å². The fraction of sp³-hybridized carbons (Fsp3) is 0.533. The van der Waals surface area contributed by atoms with Crippen molar-refractivity contribution >= 4 is 11.6 Å². The van der Waals surface area contributed by atoms with Crippen molar-refractivity contribution in [3.8, 4) is 0 Å². The lowest BCUT2D eigenvalue weighted by atomic mass is 9.97. The number of anilines is 1. The second-order valence-corrected chi connectivity index (χ2v) is 5.21. The van der Waals surface area contributed by atoms with Gasteiger partial charge in [-0.05, 0) is 31.4 Å². The number of rotatable bonds is 6. The zero-order valence-corrected chi connectivity index (χ0v) is 11.4. The Hall–Kier alpha value is -1.55. The van der Waals surface area contributed by atoms with Crippen LogP contribution in [0.1, 0.15) is 37.7 Å². The maximum Gasteiger partial charge on any atom is 0.220 e. The molecule has 104 valence electrons. The fourth-order valence-electron chi connectivity index (χ4n) is 2.46. The summed E-state index contributed by atoms with van der Waals surface area (Å²) in [7, 11) is 0. The fourth-order valence-corrected chi connectivity index (χ4v) is 2.46. The van der Waals surface area contributed by atoms with E-state index in [-0.39, 0.29) is 17.9 Å². The monoisotopic (exact) mass is 262 g/mol. The minimum Gasteiger partial charge on any atom is -0.393 e. The van der Waals surface area contributed by atoms with Gasteiger partial charge < -0.3 is 15.7 Å². The molecule has 2 unspecified atom stereocenters. The van der Waals surface area contributed by atoms with E-state index in [0.29, 0.717) is 13.0 Å². The standard InChI is InChI=1S/C15H22N2O2/c1-11(18)5-4-8-16-15(19)9-12-10-17-14-7-3-2-6-13(12)14/h2-3,6-7,11-12,17-18H,4-5,8-10H2,1H3,(H,16,19). The molecule has 4 heteroatoms. The number of carbonyl (C=O) groups is 1. The summed E-state index contributed by atoms with van der Waals surface area (Å²) < 4.78 is 0. The highest BCUT2D eigenvalue weighted by Gasteiger charge is 2.23. The van der Waals surface area contributed by atoms with Crippen molar-refractivity contribution in [1.82, 2.24) is 5.32 Å². The van der Waals surface area contributed by atoms with Crippen LogP contribution in [0.5, 0.6) is 0 Å². The van der Waals surface area contributed by atoms with Gasteiger partial charge in [0.25, 0.3) is 0 Å². The second-order valence-electron chi connectivity index (χ2n) is 5.21. The third kappa shape index (κ3) is 3.96. The smallest absolute Gasteiger partial charge is 0.220 e. The van der Waals surface area contributed by atoms with Gasteiger partial charge in [0.15, 0.2) is 0 Å². The molecule has 1 heterocycles. The second kappa shape index (κ2) is 6.57. The quantitative estimate of drug-likeness (QED) is 0.686. The van der Waals surface area contributed by atoms with E-state index in [1.54, 1.807) is 6.92 Å². The van der Waals surface area contributed by atoms with Gasteiger partial charge in [0.2, 0.25) is 5.91 Å². The van der Waals surface area contributed by atoms with E-state index in [1.165, 1.54) is 5.56 Å². The Balaban J connectivity index is 1.75. The van der Waals surface area contributed by atoms with Crippen molar-refractivity contribution in [3.63, 3.8) is 0 Å². The minimum atomic E-state index is -0.289. The topological polar surface area (TPSA) is 61.4 Å². The first-order valence-electron chi connectivity index (χ1n) is 6.94. The van der Waals surface area contributed by atoms with Crippen LogP contribution in [0.15, 0.2) is 24.3 Å². The minimum absolute atomic E-state index is 0.0918. The number of aliphatic hydroxyl groups excluding tert-OH is 1. The Morgan fingerprint density at radius 3 is 3.11 bits per heavy atom. The number of hydrogen-bond acceptors (Lipinski definition) is 3. The third-order valence-electron chi connectivity index (χ3n) is 3.49. The van der Waals surface area contributed by atoms with Crippen LogP contribution in [-0.2, 0) is 4.79 Å². The van der Waals surface area contributed by atoms with Crippen LogP contribution < -0.4 is 10.6 Å². The number of benzene rings is 1. The molecule has 3 N–H and O–H groups in total. The third-order valence-corrected chi connectivity index (χ3v) is 3.49. The predicted octanol–water partition coefficient (Wildman–Crippen LogP) is 1.86. The number of hydrogen-bond donors (Lipinski definition) is 3. The van der Waals surface area contributed by atoms with E-state index in [2.05, 4.69) is 22.8 Å². The van der Waals surface area contributed by atoms with Crippen LogP contribution >= 0.6 is 0 Å². The SMILES string of the molecule is CC(O)CCCNC(=O)CC1CNc2ccccc21. The lowest BCUT2D eigenvalue weighted by Crippen LogP contribution is -2.27. The van der Waals surface area contributed by atoms with Crippen LogP contribution in [0.4, 0.5) is 5.69 Å². The van der Waals surface area contributed by atoms with E-state index >= 15 is 0 Å². The maximum absolute atomic E-state index is 11.9. The van der Waals surface area contributed by atoms with Crippen molar-refractivity contribution in [2.24, 2.45) is 0 Å². The molecule has 0 radical (unpaired) electrons. The molecule has 19 heavy (non-hydrogen) atoms. The summed E-state index contributed by atoms with van der Waals surface area (Å²) in [6.07, 6.45) is 1.79. The average molecular weight is 262 g/mol. The van der Waals surface area contributed by atoms with E-state index in [9.17, 15) is 4.79 Å². The summed E-state index contributed by atoms with van der Waals surface area (Å²) in [5.41, 5.74) is 2.39. The molecule has 1 aliphatic heterocycles. The summed E-state index contributed by atoms with van der Waals surface area (Å²) in [6.45, 7) is 3.24. The number of para-hydroxylation sites is 1. The molecular formula is C15H22N2O2. The van der Waals surface area contributed by atoms with E-state index in [1.807, 2.05) is 12.1 Å². The molecule has 1 aromatic rings. The Bertz CT molecular complexity index is 432. The number of aliphatic hydroxyl groups is 1. The van der Waals surface area contributed by atoms with Gasteiger partial charge in [0.05, 0.1) is 6.10 Å². The molecule has 0 bridgehead atoms. The lowest BCUT2D eigenvalue weighted by molar-refractivity contribution is -0.121. The van der Waals surface area contributed by atoms with Crippen LogP contribution in [0, 0.1) is 0 Å². The van der Waals surface area contributed by atoms with Gasteiger partial charge in [0, 0.05) is 31.1 Å². The maximum atomic E-state index is 11.9. The van der Waals surface area contributed by atoms with Gasteiger partial charge in [-0.2, -0.15) is 0 Å². The molecule has 0 saturated heterocycles. The van der Waals surface area contributed by atoms with Gasteiger partial charge >= 0.3 is 0 Å². The molecule has 0 saturated carbocycles. The van der Waals surface area contributed by atoms with Gasteiger partial charge in [-0.25, -0.2) is 0 Å². The predicted molar refractivity (Wildman–Crippen MR) is 76.2 cm³/mol. The molecule has 0 fully saturated rings. The highest BCUT2D eigenvalue weighted by molar-refractivity contribution is 5.78. The van der Waals surface area contributed by atoms with Gasteiger partial charge in [0.1, 0.15) is 0 Å². The van der Waals surface area contributed by atoms with Crippen molar-refractivity contribution in [2.75, 3.05) is 18.4 Å². The van der Waals surface area contributed by atoms with E-state index in [4.69, 9.17) is 5.11 Å². The molecule has 0 aromatic heterocycles. The van der Waals surface area contributed by atoms with Crippen LogP contribution in [0.25, 0.3) is 0 Å². The number of carbonyl (C=O) groups excluding carboxylic acids is 1. The molecule has 0 aliphatic carbocycles. The lowest BCUT2D eigenvalue weighted by Gasteiger charge is -2.11. The van der Waals surface area contributed by atoms with Crippen LogP contribution in [-0.4, -0.2) is 30.2 Å². The van der Waals surface area contributed by atoms with Gasteiger partial charge in [-0.3, -0.25) is 4.79 Å². The van der Waals surface area contributed by atoms with Crippen molar-refractivity contribution < 1.29 is 9.90 Å². The summed E-state index contributed by atoms with van der Waals surface area (Å²) in [6, 6.07) is 8.15. The first-order chi connectivity index (χ1) is 9.16. The highest BCUT2D eigenvalue weighted by atomic mass is 16.3. The first-order valence-corrected chi connectivity index (χ1v) is 6.94. The average Bonchev–Trinajstić information content (AvgIpc) is 2.78. The molecule has 0 spiro atoms. The normalized spacial score (nSPS) is 18.5. The first kappa shape index (κ1) is 13.9. The molecule has 4 nitrogen and oxygen atoms in total. The summed E-state index contributed by atoms with van der Waals surface area (Å²) in [5, 5.41) is 15.4. The number of nitrogens with one attached hydrogen (secondary N) is 2. The Morgan fingerprint density at radius 2 is 2.32 bits per heavy atom. The Labute approximate surface area is 114 Å². The highest BCUT2D eigenvalue weighted by Crippen LogP contribution is 2.32. The largest absolute Gasteiger partial charge is 0.393 e. The Kier molecular flexibility index (Phi) is 4.80. The molecule has 1 amide bonds. The van der Waals surface area contributed by atoms with Gasteiger partial charge in [-0.1, -0.05) is 18.2 Å². The van der Waals surface area contributed by atoms with Gasteiger partial charge in [-0.15, -0.1) is 0 Å². The summed E-state index contributed by atoms with van der Waals surface area (Å²) in [5.74, 6) is 0.363. The molecule has 1 aliphatic rings. The molecule has 1 aromatic carbocycles. The summed E-state index contributed by atoms with van der Waals surface area (Å²) >= 11 is 0. The molecular weight excluding hydrogens is 240 g/mol. The van der Waals surface area contributed by atoms with E-state index < -0.39 is 0 Å². The van der Waals surface area contributed by atoms with Crippen molar-refractivity contribution in [3.05, 3.63) is 29.8 Å². The molecule has 2 rings (SSSR count). The van der Waals surface area contributed by atoms with Crippen molar-refractivity contribution in [2.45, 2.75) is 38.2 Å².